The molecule has 0 radical (unpaired) electrons. The standard InChI is InChI=1S/C17H18N2O3S3/c1-4-19-15-10-7-13(23-3)11-16(15)24-17(19)18-25(20,21)14-8-5-12(22-2)6-9-14/h5-11H,4H2,1-3H3. The molecule has 0 atom stereocenters. The number of hydrogen-bond donors (Lipinski definition) is 0. The lowest BCUT2D eigenvalue weighted by atomic mass is 10.3. The smallest absolute Gasteiger partial charge is 0.285 e. The van der Waals surface area contributed by atoms with Gasteiger partial charge in [-0.2, -0.15) is 8.42 Å². The predicted octanol–water partition coefficient (Wildman–Crippen LogP) is 3.74. The van der Waals surface area contributed by atoms with E-state index in [4.69, 9.17) is 4.74 Å². The number of nitrogens with zero attached hydrogens (tertiary/aromatic N) is 2. The van der Waals surface area contributed by atoms with Crippen LogP contribution in [0.15, 0.2) is 56.7 Å². The van der Waals surface area contributed by atoms with E-state index in [9.17, 15) is 8.42 Å². The third-order valence-corrected chi connectivity index (χ3v) is 6.92. The van der Waals surface area contributed by atoms with E-state index in [2.05, 4.69) is 10.5 Å². The summed E-state index contributed by atoms with van der Waals surface area (Å²) in [6, 6.07) is 12.4. The van der Waals surface area contributed by atoms with E-state index in [1.54, 1.807) is 23.9 Å². The minimum absolute atomic E-state index is 0.151. The Morgan fingerprint density at radius 1 is 1.20 bits per heavy atom. The maximum absolute atomic E-state index is 12.7. The first-order valence-electron chi connectivity index (χ1n) is 7.61. The number of hydrogen-bond acceptors (Lipinski definition) is 5. The van der Waals surface area contributed by atoms with E-state index >= 15 is 0 Å². The zero-order valence-corrected chi connectivity index (χ0v) is 16.5. The molecule has 0 fully saturated rings. The lowest BCUT2D eigenvalue weighted by molar-refractivity contribution is 0.414. The van der Waals surface area contributed by atoms with Crippen LogP contribution >= 0.6 is 23.1 Å². The second-order valence-corrected chi connectivity index (χ2v) is 8.70. The molecule has 1 aromatic heterocycles. The summed E-state index contributed by atoms with van der Waals surface area (Å²) in [4.78, 5) is 1.77. The number of thioether (sulfide) groups is 1. The van der Waals surface area contributed by atoms with Crippen molar-refractivity contribution in [3.8, 4) is 5.75 Å². The Morgan fingerprint density at radius 2 is 1.92 bits per heavy atom. The molecule has 1 heterocycles. The number of rotatable bonds is 5. The molecule has 0 spiro atoms. The summed E-state index contributed by atoms with van der Waals surface area (Å²) in [7, 11) is -2.24. The average molecular weight is 395 g/mol. The van der Waals surface area contributed by atoms with Gasteiger partial charge in [0.25, 0.3) is 10.0 Å². The number of benzene rings is 2. The second-order valence-electron chi connectivity index (χ2n) is 5.20. The Morgan fingerprint density at radius 3 is 2.52 bits per heavy atom. The SMILES string of the molecule is CCn1c(=NS(=O)(=O)c2ccc(OC)cc2)sc2cc(SC)ccc21. The Balaban J connectivity index is 2.15. The minimum atomic E-state index is -3.78. The molecule has 0 amide bonds. The Labute approximate surface area is 155 Å². The Hall–Kier alpha value is -1.77. The minimum Gasteiger partial charge on any atom is -0.497 e. The number of fused-ring (bicyclic) bond motifs is 1. The van der Waals surface area contributed by atoms with Crippen LogP contribution in [0, 0.1) is 0 Å². The van der Waals surface area contributed by atoms with Crippen LogP contribution in [0.5, 0.6) is 5.75 Å². The van der Waals surface area contributed by atoms with Crippen molar-refractivity contribution >= 4 is 43.3 Å². The van der Waals surface area contributed by atoms with Gasteiger partial charge in [0.1, 0.15) is 5.75 Å². The molecule has 0 unspecified atom stereocenters. The van der Waals surface area contributed by atoms with E-state index < -0.39 is 10.0 Å². The number of methoxy groups -OCH3 is 1. The summed E-state index contributed by atoms with van der Waals surface area (Å²) >= 11 is 3.04. The van der Waals surface area contributed by atoms with Gasteiger partial charge in [-0.1, -0.05) is 11.3 Å². The van der Waals surface area contributed by atoms with Gasteiger partial charge in [0.2, 0.25) is 4.80 Å². The zero-order chi connectivity index (χ0) is 18.0. The molecule has 0 bridgehead atoms. The Bertz CT molecular complexity index is 1060. The molecule has 132 valence electrons. The highest BCUT2D eigenvalue weighted by atomic mass is 32.2. The molecule has 0 N–H and O–H groups in total. The van der Waals surface area contributed by atoms with Gasteiger partial charge in [-0.3, -0.25) is 0 Å². The van der Waals surface area contributed by atoms with E-state index in [0.717, 1.165) is 15.1 Å². The monoisotopic (exact) mass is 394 g/mol. The summed E-state index contributed by atoms with van der Waals surface area (Å²) in [5, 5.41) is 0. The van der Waals surface area contributed by atoms with E-state index in [1.807, 2.05) is 29.9 Å². The van der Waals surface area contributed by atoms with Crippen LogP contribution in [0.1, 0.15) is 6.92 Å². The van der Waals surface area contributed by atoms with Gasteiger partial charge in [0.05, 0.1) is 22.2 Å². The van der Waals surface area contributed by atoms with Crippen molar-refractivity contribution in [3.05, 3.63) is 47.3 Å². The molecule has 8 heteroatoms. The van der Waals surface area contributed by atoms with Crippen LogP contribution in [-0.2, 0) is 16.6 Å². The van der Waals surface area contributed by atoms with Crippen LogP contribution in [0.2, 0.25) is 0 Å². The lowest BCUT2D eigenvalue weighted by Gasteiger charge is -2.03. The highest BCUT2D eigenvalue weighted by Crippen LogP contribution is 2.24. The second kappa shape index (κ2) is 7.23. The van der Waals surface area contributed by atoms with Gasteiger partial charge in [-0.15, -0.1) is 16.2 Å². The van der Waals surface area contributed by atoms with Crippen LogP contribution in [0.3, 0.4) is 0 Å². The van der Waals surface area contributed by atoms with Crippen molar-refractivity contribution in [2.24, 2.45) is 4.40 Å². The third kappa shape index (κ3) is 3.61. The number of sulfonamides is 1. The Kier molecular flexibility index (Phi) is 5.21. The molecular formula is C17H18N2O3S3. The molecule has 2 aromatic carbocycles. The highest BCUT2D eigenvalue weighted by molar-refractivity contribution is 7.98. The van der Waals surface area contributed by atoms with Crippen molar-refractivity contribution < 1.29 is 13.2 Å². The molecule has 25 heavy (non-hydrogen) atoms. The van der Waals surface area contributed by atoms with Gasteiger partial charge in [-0.25, -0.2) is 0 Å². The number of aromatic nitrogens is 1. The zero-order valence-electron chi connectivity index (χ0n) is 14.1. The summed E-state index contributed by atoms with van der Waals surface area (Å²) in [6.45, 7) is 2.63. The maximum Gasteiger partial charge on any atom is 0.285 e. The first kappa shape index (κ1) is 18.0. The molecular weight excluding hydrogens is 376 g/mol. The summed E-state index contributed by atoms with van der Waals surface area (Å²) < 4.78 is 37.4. The fourth-order valence-corrected chi connectivity index (χ4v) is 5.31. The van der Waals surface area contributed by atoms with Crippen molar-refractivity contribution in [2.75, 3.05) is 13.4 Å². The summed E-state index contributed by atoms with van der Waals surface area (Å²) in [6.07, 6.45) is 2.02. The molecule has 0 aliphatic rings. The molecule has 3 rings (SSSR count). The maximum atomic E-state index is 12.7. The molecule has 5 nitrogen and oxygen atoms in total. The van der Waals surface area contributed by atoms with Crippen molar-refractivity contribution in [1.29, 1.82) is 0 Å². The fourth-order valence-electron chi connectivity index (χ4n) is 2.46. The highest BCUT2D eigenvalue weighted by Gasteiger charge is 2.15. The number of aryl methyl sites for hydroxylation is 1. The molecule has 3 aromatic rings. The van der Waals surface area contributed by atoms with Gasteiger partial charge >= 0.3 is 0 Å². The van der Waals surface area contributed by atoms with E-state index in [1.165, 1.54) is 30.6 Å². The van der Waals surface area contributed by atoms with Crippen molar-refractivity contribution in [3.63, 3.8) is 0 Å². The fraction of sp³-hybridized carbons (Fsp3) is 0.235. The molecule has 0 saturated heterocycles. The van der Waals surface area contributed by atoms with E-state index in [-0.39, 0.29) is 4.90 Å². The molecule has 0 saturated carbocycles. The van der Waals surface area contributed by atoms with Gasteiger partial charge in [-0.05, 0) is 55.6 Å². The average Bonchev–Trinajstić information content (AvgIpc) is 2.96. The molecule has 0 aliphatic carbocycles. The van der Waals surface area contributed by atoms with Gasteiger partial charge in [0.15, 0.2) is 0 Å². The van der Waals surface area contributed by atoms with Gasteiger partial charge in [0, 0.05) is 11.4 Å². The summed E-state index contributed by atoms with van der Waals surface area (Å²) in [5.41, 5.74) is 0.994. The van der Waals surface area contributed by atoms with Gasteiger partial charge < -0.3 is 9.30 Å². The summed E-state index contributed by atoms with van der Waals surface area (Å²) in [5.74, 6) is 0.606. The predicted molar refractivity (Wildman–Crippen MR) is 103 cm³/mol. The van der Waals surface area contributed by atoms with Crippen LogP contribution in [-0.4, -0.2) is 26.4 Å². The quantitative estimate of drug-likeness (QED) is 0.619. The number of thiazole rings is 1. The topological polar surface area (TPSA) is 60.7 Å². The normalized spacial score (nSPS) is 12.7. The van der Waals surface area contributed by atoms with Crippen molar-refractivity contribution in [2.45, 2.75) is 23.3 Å². The van der Waals surface area contributed by atoms with E-state index in [0.29, 0.717) is 17.1 Å². The first-order valence-corrected chi connectivity index (χ1v) is 11.1. The number of ether oxygens (including phenoxy) is 1. The third-order valence-electron chi connectivity index (χ3n) is 3.76. The largest absolute Gasteiger partial charge is 0.497 e. The van der Waals surface area contributed by atoms with Crippen molar-refractivity contribution in [1.82, 2.24) is 4.57 Å². The van der Waals surface area contributed by atoms with Crippen LogP contribution in [0.4, 0.5) is 0 Å². The lowest BCUT2D eigenvalue weighted by Crippen LogP contribution is -2.16. The van der Waals surface area contributed by atoms with Crippen LogP contribution in [0.25, 0.3) is 10.2 Å². The molecule has 0 aliphatic heterocycles. The first-order chi connectivity index (χ1) is 12.0. The van der Waals surface area contributed by atoms with Crippen LogP contribution < -0.4 is 9.54 Å².